The number of para-hydroxylation sites is 1. The van der Waals surface area contributed by atoms with Crippen molar-refractivity contribution in [1.29, 1.82) is 5.41 Å². The number of amides is 10. The SMILES string of the molecule is CCCCNC(=O)c1cc(OCC(CNC2=C(c3ccc(Nc4ccccc4)cc3)C(=NNCC(COc3ccc4c(c3)C(=O)N(CCCC)C4=O)(COc3ccc4c(c3)C(=O)N(CCCC)C4=O)COc3ccc4c(c3)C(=O)N(CCCC)C4=O)C(=N)C(c3ccc(N)cc3)=C2N)(COc2ccc(C=O)c(C(=O)NCCC)c2)COc2ccc3c(c2)C(=O)N(CCCC)C3=O)ccc1C=O. The Morgan fingerprint density at radius 1 is 0.382 bits per heavy atom. The first-order valence-corrected chi connectivity index (χ1v) is 46.1. The number of anilines is 3. The lowest BCUT2D eigenvalue weighted by molar-refractivity contribution is 0.0327. The van der Waals surface area contributed by atoms with E-state index in [1.54, 1.807) is 48.5 Å². The van der Waals surface area contributed by atoms with Gasteiger partial charge in [0.15, 0.2) is 12.6 Å². The number of hydrogen-bond donors (Lipinski definition) is 8. The minimum Gasteiger partial charge on any atom is -0.493 e. The Morgan fingerprint density at radius 3 is 1.10 bits per heavy atom. The van der Waals surface area contributed by atoms with Crippen LogP contribution in [-0.2, 0) is 0 Å². The van der Waals surface area contributed by atoms with Crippen LogP contribution in [0.5, 0.6) is 34.5 Å². The maximum atomic E-state index is 14.3. The number of hydrazone groups is 1. The van der Waals surface area contributed by atoms with E-state index in [1.807, 2.05) is 96.1 Å². The molecule has 704 valence electrons. The van der Waals surface area contributed by atoms with E-state index in [-0.39, 0.29) is 201 Å². The summed E-state index contributed by atoms with van der Waals surface area (Å²) in [5.74, 6) is -4.18. The summed E-state index contributed by atoms with van der Waals surface area (Å²) in [4.78, 5) is 171. The highest BCUT2D eigenvalue weighted by atomic mass is 16.5. The predicted octanol–water partition coefficient (Wildman–Crippen LogP) is 15.0. The van der Waals surface area contributed by atoms with Crippen molar-refractivity contribution < 1.29 is 86.0 Å². The molecule has 1 aliphatic carbocycles. The summed E-state index contributed by atoms with van der Waals surface area (Å²) >= 11 is 0. The number of rotatable bonds is 49. The van der Waals surface area contributed by atoms with Crippen molar-refractivity contribution >= 4 is 111 Å². The van der Waals surface area contributed by atoms with Crippen LogP contribution >= 0.6 is 0 Å². The summed E-state index contributed by atoms with van der Waals surface area (Å²) in [6.45, 7) is 10.00. The van der Waals surface area contributed by atoms with E-state index in [2.05, 4.69) is 26.7 Å². The Labute approximate surface area is 788 Å². The summed E-state index contributed by atoms with van der Waals surface area (Å²) in [6, 6.07) is 50.5. The van der Waals surface area contributed by atoms with Gasteiger partial charge < -0.3 is 66.6 Å². The normalized spacial score (nSPS) is 14.7. The Balaban J connectivity index is 0.946. The second-order valence-corrected chi connectivity index (χ2v) is 34.4. The zero-order valence-electron chi connectivity index (χ0n) is 77.0. The first-order chi connectivity index (χ1) is 65.9. The molecular formula is C105H111N13O18. The third-order valence-electron chi connectivity index (χ3n) is 24.4. The van der Waals surface area contributed by atoms with Crippen LogP contribution in [0, 0.1) is 16.2 Å². The smallest absolute Gasteiger partial charge is 0.261 e. The number of nitrogen functional groups attached to an aromatic ring is 1. The van der Waals surface area contributed by atoms with Gasteiger partial charge in [-0.05, 0) is 195 Å². The van der Waals surface area contributed by atoms with Gasteiger partial charge in [0.2, 0.25) is 0 Å². The minimum atomic E-state index is -1.61. The molecule has 9 aromatic rings. The number of nitrogens with zero attached hydrogens (tertiary/aromatic N) is 5. The van der Waals surface area contributed by atoms with Crippen molar-refractivity contribution in [2.45, 2.75) is 112 Å². The summed E-state index contributed by atoms with van der Waals surface area (Å²) in [7, 11) is 0. The molecule has 4 aliphatic heterocycles. The van der Waals surface area contributed by atoms with Crippen molar-refractivity contribution in [2.24, 2.45) is 21.7 Å². The van der Waals surface area contributed by atoms with Gasteiger partial charge in [0.1, 0.15) is 79.9 Å². The lowest BCUT2D eigenvalue weighted by Crippen LogP contribution is -2.49. The monoisotopic (exact) mass is 1840 g/mol. The second-order valence-electron chi connectivity index (χ2n) is 34.4. The molecule has 10 amide bonds. The van der Waals surface area contributed by atoms with Gasteiger partial charge >= 0.3 is 0 Å². The Bertz CT molecular complexity index is 5990. The van der Waals surface area contributed by atoms with Gasteiger partial charge in [-0.25, -0.2) is 0 Å². The van der Waals surface area contributed by atoms with Crippen molar-refractivity contribution in [3.63, 3.8) is 0 Å². The number of nitrogens with one attached hydrogen (secondary N) is 6. The number of unbranched alkanes of at least 4 members (excludes halogenated alkanes) is 5. The lowest BCUT2D eigenvalue weighted by Gasteiger charge is -2.36. The number of ether oxygens (including phenoxy) is 6. The molecule has 9 aromatic carbocycles. The third-order valence-corrected chi connectivity index (χ3v) is 24.4. The molecule has 0 aromatic heterocycles. The number of benzene rings is 9. The van der Waals surface area contributed by atoms with E-state index in [1.165, 1.54) is 105 Å². The molecule has 136 heavy (non-hydrogen) atoms. The summed E-state index contributed by atoms with van der Waals surface area (Å²) in [5, 5.41) is 29.0. The number of aldehydes is 2. The molecule has 10 N–H and O–H groups in total. The van der Waals surface area contributed by atoms with Crippen LogP contribution in [0.15, 0.2) is 205 Å². The highest BCUT2D eigenvalue weighted by Crippen LogP contribution is 2.40. The van der Waals surface area contributed by atoms with E-state index in [4.69, 9.17) is 45.0 Å². The number of carbonyl (C=O) groups is 12. The van der Waals surface area contributed by atoms with Crippen LogP contribution < -0.4 is 66.6 Å². The summed E-state index contributed by atoms with van der Waals surface area (Å²) < 4.78 is 41.4. The van der Waals surface area contributed by atoms with Crippen LogP contribution in [0.1, 0.15) is 248 Å². The van der Waals surface area contributed by atoms with E-state index < -0.39 is 89.7 Å². The Morgan fingerprint density at radius 2 is 0.721 bits per heavy atom. The topological polar surface area (TPSA) is 422 Å². The number of hydrogen-bond acceptors (Lipinski definition) is 25. The molecule has 0 saturated carbocycles. The second kappa shape index (κ2) is 43.9. The molecule has 31 heteroatoms. The van der Waals surface area contributed by atoms with Gasteiger partial charge in [-0.2, -0.15) is 5.10 Å². The molecule has 0 spiro atoms. The lowest BCUT2D eigenvalue weighted by atomic mass is 9.82. The first kappa shape index (κ1) is 96.5. The standard InChI is InChI=1S/C105H111N13O18/c1-7-13-44-110-95(122)83-50-73(34-28-68(83)56-120)132-60-104(59-131-72-33-27-67(55-119)82(49-72)94(121)109-43-12-6,61-133-74-35-39-78-84(51-74)100(127)115(96(78)123)45-14-8-2)57-111-92-89(66-25-31-71(32-26-66)113-70-21-19-18-20-22-70)93(91(108)88(90(92)107)65-23-29-69(106)30-24-65)114-112-58-105(62-134-75-36-40-79-85(52-75)101(128)116(97(79)124)46-15-9-3,63-135-76-37-41-80-86(53-76)102(129)117(98(80)125)47-16-10-4)64-136-77-38-42-81-87(54-77)103(130)118(99(81)126)48-17-11-5/h18-42,49-56,108,111-113H,7-17,43-48,57-64,106-107H2,1-6H3,(H,109,121)(H,110,122). The van der Waals surface area contributed by atoms with Gasteiger partial charge in [0, 0.05) is 91.7 Å². The van der Waals surface area contributed by atoms with Crippen molar-refractivity contribution in [1.82, 2.24) is 41.0 Å². The summed E-state index contributed by atoms with van der Waals surface area (Å²) in [5.41, 5.74) is 18.5. The molecule has 31 nitrogen and oxygen atoms in total. The number of nitrogens with two attached hydrogens (primary N) is 2. The van der Waals surface area contributed by atoms with Gasteiger partial charge in [0.05, 0.1) is 83.6 Å². The molecule has 1 unspecified atom stereocenters. The molecule has 4 heterocycles. The van der Waals surface area contributed by atoms with Crippen LogP contribution in [-0.4, -0.2) is 195 Å². The largest absolute Gasteiger partial charge is 0.493 e. The highest BCUT2D eigenvalue weighted by molar-refractivity contribution is 6.69. The van der Waals surface area contributed by atoms with E-state index in [0.717, 1.165) is 12.1 Å². The molecule has 14 rings (SSSR count). The number of fused-ring (bicyclic) bond motifs is 4. The molecule has 0 fully saturated rings. The molecule has 0 bridgehead atoms. The number of imide groups is 4. The minimum absolute atomic E-state index is 0.00432. The first-order valence-electron chi connectivity index (χ1n) is 46.1. The zero-order chi connectivity index (χ0) is 96.3. The van der Waals surface area contributed by atoms with Crippen LogP contribution in [0.3, 0.4) is 0 Å². The van der Waals surface area contributed by atoms with Gasteiger partial charge in [-0.15, -0.1) is 0 Å². The van der Waals surface area contributed by atoms with Crippen molar-refractivity contribution in [3.8, 4) is 34.5 Å². The van der Waals surface area contributed by atoms with Gasteiger partial charge in [-0.3, -0.25) is 82.5 Å². The average Bonchev–Trinajstić information content (AvgIpc) is 1.24. The van der Waals surface area contributed by atoms with Crippen LogP contribution in [0.4, 0.5) is 17.1 Å². The average molecular weight is 1840 g/mol. The highest BCUT2D eigenvalue weighted by Gasteiger charge is 2.44. The fraction of sp³-hybridized carbons (Fsp3) is 0.314. The fourth-order valence-corrected chi connectivity index (χ4v) is 16.4. The molecular weight excluding hydrogens is 1730 g/mol. The number of carbonyl (C=O) groups excluding carboxylic acids is 12. The van der Waals surface area contributed by atoms with Gasteiger partial charge in [0.25, 0.3) is 59.1 Å². The Kier molecular flexibility index (Phi) is 31.1. The van der Waals surface area contributed by atoms with Crippen LogP contribution in [0.2, 0.25) is 0 Å². The molecule has 5 aliphatic rings. The van der Waals surface area contributed by atoms with Gasteiger partial charge in [-0.1, -0.05) is 116 Å². The Hall–Kier alpha value is -15.6. The molecule has 0 saturated heterocycles. The maximum Gasteiger partial charge on any atom is 0.261 e. The predicted molar refractivity (Wildman–Crippen MR) is 514 cm³/mol. The molecule has 1 atom stereocenters. The third kappa shape index (κ3) is 21.4. The quantitative estimate of drug-likeness (QED) is 0.00438. The number of allylic oxidation sites excluding steroid dienone is 2. The maximum absolute atomic E-state index is 14.3. The van der Waals surface area contributed by atoms with E-state index in [0.29, 0.717) is 106 Å². The van der Waals surface area contributed by atoms with Crippen LogP contribution in [0.25, 0.3) is 11.1 Å². The molecule has 0 radical (unpaired) electrons. The zero-order valence-corrected chi connectivity index (χ0v) is 77.0. The van der Waals surface area contributed by atoms with Crippen molar-refractivity contribution in [3.05, 3.63) is 277 Å². The van der Waals surface area contributed by atoms with E-state index in [9.17, 15) is 62.9 Å². The summed E-state index contributed by atoms with van der Waals surface area (Å²) in [6.07, 6.45) is 8.22. The fourth-order valence-electron chi connectivity index (χ4n) is 16.4. The van der Waals surface area contributed by atoms with E-state index >= 15 is 0 Å². The van der Waals surface area contributed by atoms with Crippen molar-refractivity contribution in [2.75, 3.05) is 103 Å².